The summed E-state index contributed by atoms with van der Waals surface area (Å²) in [6.45, 7) is 5.02. The van der Waals surface area contributed by atoms with Gasteiger partial charge in [-0.05, 0) is 53.9 Å². The second-order valence-corrected chi connectivity index (χ2v) is 10.9. The highest BCUT2D eigenvalue weighted by Gasteiger charge is 2.65. The van der Waals surface area contributed by atoms with Crippen LogP contribution < -0.4 is 4.72 Å². The summed E-state index contributed by atoms with van der Waals surface area (Å²) in [6, 6.07) is 5.43. The van der Waals surface area contributed by atoms with E-state index in [0.29, 0.717) is 38.0 Å². The summed E-state index contributed by atoms with van der Waals surface area (Å²) in [5.74, 6) is 0.190. The average molecular weight is 421 g/mol. The third-order valence-electron chi connectivity index (χ3n) is 7.50. The number of sulfonamides is 1. The van der Waals surface area contributed by atoms with Crippen molar-refractivity contribution in [3.63, 3.8) is 0 Å². The van der Waals surface area contributed by atoms with Crippen molar-refractivity contribution < 1.29 is 22.7 Å². The van der Waals surface area contributed by atoms with Crippen LogP contribution in [0.2, 0.25) is 0 Å². The maximum atomic E-state index is 13.0. The van der Waals surface area contributed by atoms with Crippen molar-refractivity contribution in [1.29, 1.82) is 0 Å². The van der Waals surface area contributed by atoms with Crippen molar-refractivity contribution in [2.45, 2.75) is 46.1 Å². The lowest BCUT2D eigenvalue weighted by Gasteiger charge is -2.36. The minimum Gasteiger partial charge on any atom is -0.453 e. The Balaban J connectivity index is 1.54. The number of Topliss-reactive ketones (excluding diaryl/α,β-unsaturated/α-hetero) is 1. The monoisotopic (exact) mass is 420 g/mol. The van der Waals surface area contributed by atoms with Gasteiger partial charge >= 0.3 is 6.09 Å². The minimum absolute atomic E-state index is 0.0864. The Hall–Kier alpha value is -2.09. The second-order valence-electron chi connectivity index (χ2n) is 9.15. The van der Waals surface area contributed by atoms with Crippen LogP contribution in [-0.4, -0.2) is 44.6 Å². The molecule has 7 nitrogen and oxygen atoms in total. The Kier molecular flexibility index (Phi) is 4.68. The zero-order valence-corrected chi connectivity index (χ0v) is 18.0. The number of ketones is 1. The molecule has 0 radical (unpaired) electrons. The van der Waals surface area contributed by atoms with E-state index in [0.717, 1.165) is 17.5 Å². The van der Waals surface area contributed by atoms with Crippen molar-refractivity contribution in [2.24, 2.45) is 16.7 Å². The molecule has 0 unspecified atom stereocenters. The maximum absolute atomic E-state index is 13.0. The van der Waals surface area contributed by atoms with E-state index in [1.807, 2.05) is 19.9 Å². The molecule has 1 aromatic rings. The van der Waals surface area contributed by atoms with Crippen molar-refractivity contribution in [2.75, 3.05) is 24.1 Å². The number of hydrogen-bond acceptors (Lipinski definition) is 5. The zero-order chi connectivity index (χ0) is 21.0. The quantitative estimate of drug-likeness (QED) is 0.808. The number of anilines is 1. The van der Waals surface area contributed by atoms with Crippen LogP contribution in [0.15, 0.2) is 18.2 Å². The summed E-state index contributed by atoms with van der Waals surface area (Å²) in [4.78, 5) is 26.1. The molecule has 0 aromatic heterocycles. The van der Waals surface area contributed by atoms with E-state index in [4.69, 9.17) is 4.74 Å². The Labute approximate surface area is 171 Å². The van der Waals surface area contributed by atoms with Gasteiger partial charge in [0.05, 0.1) is 18.3 Å². The summed E-state index contributed by atoms with van der Waals surface area (Å²) >= 11 is 0. The zero-order valence-electron chi connectivity index (χ0n) is 17.2. The molecule has 2 bridgehead atoms. The fourth-order valence-corrected chi connectivity index (χ4v) is 7.44. The first kappa shape index (κ1) is 20.2. The number of hydrogen-bond donors (Lipinski definition) is 1. The molecular formula is C21H28N2O5S. The van der Waals surface area contributed by atoms with Gasteiger partial charge in [0.2, 0.25) is 10.0 Å². The summed E-state index contributed by atoms with van der Waals surface area (Å²) in [7, 11) is -2.35. The van der Waals surface area contributed by atoms with Crippen LogP contribution in [0.1, 0.15) is 44.2 Å². The fourth-order valence-electron chi connectivity index (χ4n) is 5.55. The lowest BCUT2D eigenvalue weighted by atomic mass is 9.70. The van der Waals surface area contributed by atoms with Gasteiger partial charge in [0.25, 0.3) is 0 Å². The number of nitrogens with zero attached hydrogens (tertiary/aromatic N) is 1. The first-order valence-electron chi connectivity index (χ1n) is 10.1. The molecule has 2 aliphatic carbocycles. The highest BCUT2D eigenvalue weighted by molar-refractivity contribution is 7.92. The molecule has 158 valence electrons. The van der Waals surface area contributed by atoms with Crippen LogP contribution in [0.5, 0.6) is 0 Å². The molecule has 4 rings (SSSR count). The SMILES string of the molecule is COC(=O)N1CCc2ccc(NS(=O)(=O)C[C@]34CC[C@@H](CC3=O)C4(C)C)cc2C1. The second kappa shape index (κ2) is 6.72. The van der Waals surface area contributed by atoms with E-state index in [2.05, 4.69) is 4.72 Å². The molecule has 1 N–H and O–H groups in total. The van der Waals surface area contributed by atoms with Crippen molar-refractivity contribution in [3.8, 4) is 0 Å². The van der Waals surface area contributed by atoms with Gasteiger partial charge in [-0.15, -0.1) is 0 Å². The van der Waals surface area contributed by atoms with E-state index in [9.17, 15) is 18.0 Å². The molecule has 0 spiro atoms. The van der Waals surface area contributed by atoms with E-state index >= 15 is 0 Å². The number of nitrogens with one attached hydrogen (secondary N) is 1. The number of rotatable bonds is 4. The van der Waals surface area contributed by atoms with E-state index < -0.39 is 21.5 Å². The number of amides is 1. The van der Waals surface area contributed by atoms with Gasteiger partial charge in [0.15, 0.2) is 0 Å². The predicted molar refractivity (Wildman–Crippen MR) is 109 cm³/mol. The largest absolute Gasteiger partial charge is 0.453 e. The van der Waals surface area contributed by atoms with Crippen LogP contribution in [0, 0.1) is 16.7 Å². The van der Waals surface area contributed by atoms with Crippen LogP contribution in [0.4, 0.5) is 10.5 Å². The molecule has 1 aromatic carbocycles. The standard InChI is InChI=1S/C21H28N2O5S/c1-20(2)16-6-8-21(20,18(24)11-16)13-29(26,27)22-17-5-4-14-7-9-23(19(25)28-3)12-15(14)10-17/h4-5,10,16,22H,6-9,11-13H2,1-3H3/t16-,21+/m0/s1. The molecule has 1 amide bonds. The normalized spacial score (nSPS) is 27.6. The van der Waals surface area contributed by atoms with Crippen molar-refractivity contribution >= 4 is 27.6 Å². The van der Waals surface area contributed by atoms with E-state index in [1.54, 1.807) is 17.0 Å². The molecule has 1 heterocycles. The lowest BCUT2D eigenvalue weighted by Crippen LogP contribution is -2.43. The topological polar surface area (TPSA) is 92.8 Å². The average Bonchev–Trinajstić information content (AvgIpc) is 3.00. The Morgan fingerprint density at radius 1 is 1.31 bits per heavy atom. The van der Waals surface area contributed by atoms with E-state index in [-0.39, 0.29) is 22.9 Å². The van der Waals surface area contributed by atoms with Crippen LogP contribution in [0.25, 0.3) is 0 Å². The number of fused-ring (bicyclic) bond motifs is 3. The highest BCUT2D eigenvalue weighted by atomic mass is 32.2. The molecule has 29 heavy (non-hydrogen) atoms. The fraction of sp³-hybridized carbons (Fsp3) is 0.619. The number of carbonyl (C=O) groups is 2. The number of ether oxygens (including phenoxy) is 1. The molecule has 2 fully saturated rings. The lowest BCUT2D eigenvalue weighted by molar-refractivity contribution is -0.128. The molecule has 2 atom stereocenters. The number of benzene rings is 1. The Bertz CT molecular complexity index is 971. The van der Waals surface area contributed by atoms with Crippen molar-refractivity contribution in [1.82, 2.24) is 4.90 Å². The summed E-state index contributed by atoms with van der Waals surface area (Å²) in [5, 5.41) is 0. The van der Waals surface area contributed by atoms with E-state index in [1.165, 1.54) is 7.11 Å². The van der Waals surface area contributed by atoms with Gasteiger partial charge in [-0.1, -0.05) is 19.9 Å². The first-order valence-corrected chi connectivity index (χ1v) is 11.7. The highest BCUT2D eigenvalue weighted by Crippen LogP contribution is 2.64. The number of methoxy groups -OCH3 is 1. The van der Waals surface area contributed by atoms with Crippen LogP contribution in [-0.2, 0) is 32.5 Å². The van der Waals surface area contributed by atoms with Crippen LogP contribution in [0.3, 0.4) is 0 Å². The van der Waals surface area contributed by atoms with Crippen molar-refractivity contribution in [3.05, 3.63) is 29.3 Å². The summed E-state index contributed by atoms with van der Waals surface area (Å²) < 4.78 is 33.5. The third kappa shape index (κ3) is 3.21. The van der Waals surface area contributed by atoms with Gasteiger partial charge < -0.3 is 9.64 Å². The Morgan fingerprint density at radius 3 is 2.69 bits per heavy atom. The smallest absolute Gasteiger partial charge is 0.409 e. The summed E-state index contributed by atoms with van der Waals surface area (Å²) in [6.07, 6.45) is 2.35. The molecule has 0 saturated heterocycles. The third-order valence-corrected chi connectivity index (χ3v) is 8.92. The maximum Gasteiger partial charge on any atom is 0.409 e. The van der Waals surface area contributed by atoms with Gasteiger partial charge in [0.1, 0.15) is 5.78 Å². The molecule has 1 aliphatic heterocycles. The minimum atomic E-state index is -3.70. The van der Waals surface area contributed by atoms with Gasteiger partial charge in [-0.2, -0.15) is 0 Å². The van der Waals surface area contributed by atoms with Crippen LogP contribution >= 0.6 is 0 Å². The predicted octanol–water partition coefficient (Wildman–Crippen LogP) is 2.95. The molecule has 8 heteroatoms. The Morgan fingerprint density at radius 2 is 2.07 bits per heavy atom. The molecular weight excluding hydrogens is 392 g/mol. The molecule has 2 saturated carbocycles. The van der Waals surface area contributed by atoms with Gasteiger partial charge in [-0.3, -0.25) is 9.52 Å². The number of carbonyl (C=O) groups excluding carboxylic acids is 2. The summed E-state index contributed by atoms with van der Waals surface area (Å²) in [5.41, 5.74) is 1.37. The molecule has 3 aliphatic rings. The van der Waals surface area contributed by atoms with Gasteiger partial charge in [0, 0.05) is 25.2 Å². The first-order chi connectivity index (χ1) is 13.6. The van der Waals surface area contributed by atoms with Gasteiger partial charge in [-0.25, -0.2) is 13.2 Å².